The highest BCUT2D eigenvalue weighted by Gasteiger charge is 2.30. The highest BCUT2D eigenvalue weighted by molar-refractivity contribution is 5.90. The summed E-state index contributed by atoms with van der Waals surface area (Å²) in [5.41, 5.74) is 0. The Morgan fingerprint density at radius 3 is 2.62 bits per heavy atom. The molecule has 0 saturated carbocycles. The van der Waals surface area contributed by atoms with Gasteiger partial charge in [0, 0.05) is 13.1 Å². The summed E-state index contributed by atoms with van der Waals surface area (Å²) in [7, 11) is 0. The summed E-state index contributed by atoms with van der Waals surface area (Å²) >= 11 is 0. The molecule has 0 aromatic carbocycles. The van der Waals surface area contributed by atoms with Gasteiger partial charge in [-0.1, -0.05) is 13.8 Å². The summed E-state index contributed by atoms with van der Waals surface area (Å²) in [5, 5.41) is 6.13. The maximum absolute atomic E-state index is 12.6. The van der Waals surface area contributed by atoms with Crippen LogP contribution in [-0.2, 0) is 14.3 Å². The summed E-state index contributed by atoms with van der Waals surface area (Å²) in [5.74, 6) is 0.343. The molecule has 2 atom stereocenters. The van der Waals surface area contributed by atoms with Crippen LogP contribution in [0.2, 0.25) is 0 Å². The molecule has 0 unspecified atom stereocenters. The zero-order valence-electron chi connectivity index (χ0n) is 13.1. The first-order chi connectivity index (χ1) is 10.1. The van der Waals surface area contributed by atoms with Gasteiger partial charge in [-0.05, 0) is 31.7 Å². The van der Waals surface area contributed by atoms with Crippen LogP contribution in [0, 0.1) is 5.92 Å². The fraction of sp³-hybridized carbons (Fsp3) is 0.867. The van der Waals surface area contributed by atoms with Gasteiger partial charge in [0.1, 0.15) is 6.04 Å². The lowest BCUT2D eigenvalue weighted by Gasteiger charge is -2.31. The maximum atomic E-state index is 12.6. The molecule has 2 heterocycles. The molecule has 2 fully saturated rings. The van der Waals surface area contributed by atoms with Crippen LogP contribution in [0.4, 0.5) is 0 Å². The molecule has 2 amide bonds. The normalized spacial score (nSPS) is 24.1. The van der Waals surface area contributed by atoms with Gasteiger partial charge in [0.05, 0.1) is 19.3 Å². The Morgan fingerprint density at radius 2 is 2.05 bits per heavy atom. The largest absolute Gasteiger partial charge is 0.378 e. The molecule has 0 aromatic heterocycles. The molecule has 21 heavy (non-hydrogen) atoms. The minimum absolute atomic E-state index is 0.0262. The number of ether oxygens (including phenoxy) is 1. The molecule has 0 radical (unpaired) electrons. The van der Waals surface area contributed by atoms with Crippen LogP contribution in [0.1, 0.15) is 33.1 Å². The average molecular weight is 297 g/mol. The van der Waals surface area contributed by atoms with Gasteiger partial charge in [0.15, 0.2) is 0 Å². The van der Waals surface area contributed by atoms with Crippen molar-refractivity contribution in [2.24, 2.45) is 5.92 Å². The molecule has 6 nitrogen and oxygen atoms in total. The molecule has 2 aliphatic rings. The van der Waals surface area contributed by atoms with Crippen molar-refractivity contribution in [3.8, 4) is 0 Å². The zero-order valence-corrected chi connectivity index (χ0v) is 13.1. The lowest BCUT2D eigenvalue weighted by atomic mass is 10.0. The predicted octanol–water partition coefficient (Wildman–Crippen LogP) is 0.128. The third-order valence-corrected chi connectivity index (χ3v) is 4.02. The average Bonchev–Trinajstić information content (AvgIpc) is 3.00. The van der Waals surface area contributed by atoms with E-state index in [0.717, 1.165) is 19.4 Å². The van der Waals surface area contributed by atoms with Crippen molar-refractivity contribution in [3.05, 3.63) is 0 Å². The van der Waals surface area contributed by atoms with Crippen molar-refractivity contribution in [1.82, 2.24) is 15.5 Å². The Morgan fingerprint density at radius 1 is 1.33 bits per heavy atom. The van der Waals surface area contributed by atoms with Crippen LogP contribution < -0.4 is 10.6 Å². The second-order valence-corrected chi connectivity index (χ2v) is 6.28. The highest BCUT2D eigenvalue weighted by Crippen LogP contribution is 2.11. The van der Waals surface area contributed by atoms with Gasteiger partial charge in [-0.15, -0.1) is 0 Å². The monoisotopic (exact) mass is 297 g/mol. The Bertz CT molecular complexity index is 361. The summed E-state index contributed by atoms with van der Waals surface area (Å²) in [6.07, 6.45) is 2.55. The molecule has 2 saturated heterocycles. The third kappa shape index (κ3) is 4.68. The van der Waals surface area contributed by atoms with E-state index in [9.17, 15) is 9.59 Å². The molecule has 0 aromatic rings. The van der Waals surface area contributed by atoms with Crippen LogP contribution in [0.3, 0.4) is 0 Å². The minimum Gasteiger partial charge on any atom is -0.378 e. The lowest BCUT2D eigenvalue weighted by Crippen LogP contribution is -2.54. The van der Waals surface area contributed by atoms with Crippen molar-refractivity contribution in [2.75, 3.05) is 32.8 Å². The molecule has 2 N–H and O–H groups in total. The fourth-order valence-corrected chi connectivity index (χ4v) is 2.88. The summed E-state index contributed by atoms with van der Waals surface area (Å²) in [4.78, 5) is 26.7. The van der Waals surface area contributed by atoms with E-state index in [1.165, 1.54) is 0 Å². The number of hydrogen-bond donors (Lipinski definition) is 2. The summed E-state index contributed by atoms with van der Waals surface area (Å²) in [6.45, 7) is 7.41. The van der Waals surface area contributed by atoms with Gasteiger partial charge >= 0.3 is 0 Å². The van der Waals surface area contributed by atoms with E-state index in [-0.39, 0.29) is 17.9 Å². The van der Waals surface area contributed by atoms with Crippen LogP contribution >= 0.6 is 0 Å². The van der Waals surface area contributed by atoms with Crippen molar-refractivity contribution >= 4 is 11.8 Å². The van der Waals surface area contributed by atoms with Crippen LogP contribution in [-0.4, -0.2) is 61.6 Å². The van der Waals surface area contributed by atoms with E-state index in [1.54, 1.807) is 4.90 Å². The van der Waals surface area contributed by atoms with E-state index >= 15 is 0 Å². The van der Waals surface area contributed by atoms with Gasteiger partial charge in [0.25, 0.3) is 0 Å². The van der Waals surface area contributed by atoms with Gasteiger partial charge in [-0.3, -0.25) is 9.59 Å². The Kier molecular flexibility index (Phi) is 5.99. The fourth-order valence-electron chi connectivity index (χ4n) is 2.88. The molecule has 0 aliphatic carbocycles. The van der Waals surface area contributed by atoms with Gasteiger partial charge in [-0.2, -0.15) is 0 Å². The van der Waals surface area contributed by atoms with Gasteiger partial charge in [-0.25, -0.2) is 0 Å². The lowest BCUT2D eigenvalue weighted by molar-refractivity contribution is -0.140. The van der Waals surface area contributed by atoms with Crippen molar-refractivity contribution in [3.63, 3.8) is 0 Å². The molecule has 0 spiro atoms. The van der Waals surface area contributed by atoms with E-state index in [0.29, 0.717) is 38.6 Å². The zero-order chi connectivity index (χ0) is 15.2. The molecular formula is C15H27N3O3. The van der Waals surface area contributed by atoms with Crippen LogP contribution in [0.25, 0.3) is 0 Å². The highest BCUT2D eigenvalue weighted by atomic mass is 16.5. The molecular weight excluding hydrogens is 270 g/mol. The first-order valence-electron chi connectivity index (χ1n) is 7.98. The second-order valence-electron chi connectivity index (χ2n) is 6.28. The van der Waals surface area contributed by atoms with E-state index < -0.39 is 6.04 Å². The first kappa shape index (κ1) is 16.2. The number of amides is 2. The smallest absolute Gasteiger partial charge is 0.245 e. The van der Waals surface area contributed by atoms with E-state index in [4.69, 9.17) is 4.74 Å². The van der Waals surface area contributed by atoms with Crippen molar-refractivity contribution in [2.45, 2.75) is 45.2 Å². The Hall–Kier alpha value is -1.14. The van der Waals surface area contributed by atoms with Gasteiger partial charge < -0.3 is 20.3 Å². The number of nitrogens with one attached hydrogen (secondary N) is 2. The van der Waals surface area contributed by atoms with Gasteiger partial charge in [0.2, 0.25) is 11.8 Å². The number of nitrogens with zero attached hydrogens (tertiary/aromatic N) is 1. The number of rotatable bonds is 5. The van der Waals surface area contributed by atoms with Crippen LogP contribution in [0.5, 0.6) is 0 Å². The SMILES string of the molecule is CC(C)C[C@H](NC(=O)[C@@H]1CCCN1)C(=O)N1CCOCC1. The molecule has 120 valence electrons. The van der Waals surface area contributed by atoms with E-state index in [1.807, 2.05) is 0 Å². The van der Waals surface area contributed by atoms with Crippen LogP contribution in [0.15, 0.2) is 0 Å². The topological polar surface area (TPSA) is 70.7 Å². The quantitative estimate of drug-likeness (QED) is 0.757. The number of morpholine rings is 1. The Labute approximate surface area is 126 Å². The first-order valence-corrected chi connectivity index (χ1v) is 7.98. The standard InChI is InChI=1S/C15H27N3O3/c1-11(2)10-13(15(20)18-6-8-21-9-7-18)17-14(19)12-4-3-5-16-12/h11-13,16H,3-10H2,1-2H3,(H,17,19)/t12-,13-/m0/s1. The maximum Gasteiger partial charge on any atom is 0.245 e. The molecule has 2 rings (SSSR count). The summed E-state index contributed by atoms with van der Waals surface area (Å²) < 4.78 is 5.28. The number of hydrogen-bond acceptors (Lipinski definition) is 4. The van der Waals surface area contributed by atoms with Crippen molar-refractivity contribution in [1.29, 1.82) is 0 Å². The van der Waals surface area contributed by atoms with Crippen molar-refractivity contribution < 1.29 is 14.3 Å². The Balaban J connectivity index is 1.95. The second kappa shape index (κ2) is 7.75. The van der Waals surface area contributed by atoms with E-state index in [2.05, 4.69) is 24.5 Å². The molecule has 0 bridgehead atoms. The molecule has 6 heteroatoms. The molecule has 2 aliphatic heterocycles. The number of carbonyl (C=O) groups excluding carboxylic acids is 2. The minimum atomic E-state index is -0.419. The summed E-state index contributed by atoms with van der Waals surface area (Å²) in [6, 6.07) is -0.560. The third-order valence-electron chi connectivity index (χ3n) is 4.02. The number of carbonyl (C=O) groups is 2. The predicted molar refractivity (Wildman–Crippen MR) is 79.8 cm³/mol.